The van der Waals surface area contributed by atoms with E-state index in [0.717, 1.165) is 11.1 Å². The Hall–Kier alpha value is -3.81. The Morgan fingerprint density at radius 3 is 2.18 bits per heavy atom. The molecule has 206 valence electrons. The van der Waals surface area contributed by atoms with Gasteiger partial charge < -0.3 is 25.0 Å². The van der Waals surface area contributed by atoms with Crippen LogP contribution in [0.15, 0.2) is 55.1 Å². The fourth-order valence-electron chi connectivity index (χ4n) is 4.06. The molecule has 0 radical (unpaired) electrons. The number of aryl methyl sites for hydroxylation is 2. The van der Waals surface area contributed by atoms with E-state index in [-0.39, 0.29) is 12.5 Å². The maximum absolute atomic E-state index is 14.0. The third-order valence-electron chi connectivity index (χ3n) is 5.85. The van der Waals surface area contributed by atoms with Gasteiger partial charge in [0.25, 0.3) is 5.91 Å². The molecule has 2 atom stereocenters. The van der Waals surface area contributed by atoms with Gasteiger partial charge in [0.1, 0.15) is 23.4 Å². The summed E-state index contributed by atoms with van der Waals surface area (Å²) in [7, 11) is 1.57. The van der Waals surface area contributed by atoms with E-state index >= 15 is 0 Å². The molecule has 0 fully saturated rings. The molecule has 0 heterocycles. The summed E-state index contributed by atoms with van der Waals surface area (Å²) in [4.78, 5) is 41.9. The third-order valence-corrected chi connectivity index (χ3v) is 5.85. The lowest BCUT2D eigenvalue weighted by atomic mass is 9.95. The Morgan fingerprint density at radius 2 is 1.68 bits per heavy atom. The number of methoxy groups -OCH3 is 1. The number of anilines is 1. The molecule has 0 spiro atoms. The van der Waals surface area contributed by atoms with E-state index in [4.69, 9.17) is 9.47 Å². The number of nitrogens with one attached hydrogen (secondary N) is 2. The Morgan fingerprint density at radius 1 is 1.05 bits per heavy atom. The second kappa shape index (κ2) is 13.1. The first-order valence-electron chi connectivity index (χ1n) is 12.7. The number of ether oxygens (including phenoxy) is 2. The standard InChI is InChI=1S/C30H41N3O5/c1-10-17-33(28(35)25(19(2)3)32-29(36)38-30(6,7)8)26(24-16-11-20(4)18-21(24)5)27(34)31-22-12-14-23(37-9)15-13-22/h10-16,18-19,25-26H,1,17H2,2-9H3,(H,31,34)(H,32,36). The largest absolute Gasteiger partial charge is 0.497 e. The van der Waals surface area contributed by atoms with E-state index in [1.54, 1.807) is 58.2 Å². The Kier molecular flexibility index (Phi) is 10.5. The number of benzene rings is 2. The van der Waals surface area contributed by atoms with Crippen molar-refractivity contribution in [3.05, 3.63) is 71.8 Å². The Labute approximate surface area is 226 Å². The SMILES string of the molecule is C=CCN(C(=O)C(NC(=O)OC(C)(C)C)C(C)C)C(C(=O)Nc1ccc(OC)cc1)c1ccc(C)cc1C. The number of carbonyl (C=O) groups is 3. The molecular formula is C30H41N3O5. The summed E-state index contributed by atoms with van der Waals surface area (Å²) in [5.74, 6) is -0.421. The Bertz CT molecular complexity index is 1140. The topological polar surface area (TPSA) is 97.0 Å². The van der Waals surface area contributed by atoms with E-state index in [2.05, 4.69) is 17.2 Å². The highest BCUT2D eigenvalue weighted by atomic mass is 16.6. The first kappa shape index (κ1) is 30.4. The van der Waals surface area contributed by atoms with Crippen LogP contribution >= 0.6 is 0 Å². The number of amides is 3. The number of alkyl carbamates (subject to hydrolysis) is 1. The van der Waals surface area contributed by atoms with E-state index in [0.29, 0.717) is 17.0 Å². The fourth-order valence-corrected chi connectivity index (χ4v) is 4.06. The van der Waals surface area contributed by atoms with Crippen molar-refractivity contribution in [3.63, 3.8) is 0 Å². The van der Waals surface area contributed by atoms with Crippen LogP contribution < -0.4 is 15.4 Å². The fraction of sp³-hybridized carbons (Fsp3) is 0.433. The van der Waals surface area contributed by atoms with E-state index in [1.807, 2.05) is 45.9 Å². The number of rotatable bonds is 10. The molecule has 2 unspecified atom stereocenters. The minimum Gasteiger partial charge on any atom is -0.497 e. The first-order valence-corrected chi connectivity index (χ1v) is 12.7. The van der Waals surface area contributed by atoms with E-state index in [9.17, 15) is 14.4 Å². The molecular weight excluding hydrogens is 482 g/mol. The summed E-state index contributed by atoms with van der Waals surface area (Å²) in [5, 5.41) is 5.64. The predicted molar refractivity (Wildman–Crippen MR) is 150 cm³/mol. The van der Waals surface area contributed by atoms with Gasteiger partial charge in [0, 0.05) is 12.2 Å². The average Bonchev–Trinajstić information content (AvgIpc) is 2.82. The van der Waals surface area contributed by atoms with Gasteiger partial charge in [-0.1, -0.05) is 43.7 Å². The second-order valence-electron chi connectivity index (χ2n) is 10.6. The van der Waals surface area contributed by atoms with Gasteiger partial charge in [0.05, 0.1) is 7.11 Å². The molecule has 2 N–H and O–H groups in total. The zero-order valence-corrected chi connectivity index (χ0v) is 23.8. The zero-order valence-electron chi connectivity index (χ0n) is 23.8. The van der Waals surface area contributed by atoms with Crippen LogP contribution in [0.25, 0.3) is 0 Å². The van der Waals surface area contributed by atoms with Crippen molar-refractivity contribution in [2.75, 3.05) is 19.0 Å². The van der Waals surface area contributed by atoms with Crippen LogP contribution in [0.2, 0.25) is 0 Å². The van der Waals surface area contributed by atoms with Crippen LogP contribution in [0.1, 0.15) is 57.4 Å². The van der Waals surface area contributed by atoms with Crippen LogP contribution in [0.5, 0.6) is 5.75 Å². The average molecular weight is 524 g/mol. The molecule has 0 aliphatic carbocycles. The predicted octanol–water partition coefficient (Wildman–Crippen LogP) is 5.56. The van der Waals surface area contributed by atoms with Gasteiger partial charge in [-0.3, -0.25) is 9.59 Å². The highest BCUT2D eigenvalue weighted by Crippen LogP contribution is 2.29. The van der Waals surface area contributed by atoms with Crippen LogP contribution in [-0.2, 0) is 14.3 Å². The summed E-state index contributed by atoms with van der Waals surface area (Å²) in [5.41, 5.74) is 2.41. The molecule has 0 aliphatic heterocycles. The number of hydrogen-bond donors (Lipinski definition) is 2. The molecule has 8 heteroatoms. The van der Waals surface area contributed by atoms with Crippen LogP contribution in [0.3, 0.4) is 0 Å². The van der Waals surface area contributed by atoms with E-state index in [1.165, 1.54) is 4.90 Å². The van der Waals surface area contributed by atoms with Crippen LogP contribution in [-0.4, -0.2) is 48.1 Å². The smallest absolute Gasteiger partial charge is 0.408 e. The molecule has 0 bridgehead atoms. The van der Waals surface area contributed by atoms with Crippen molar-refractivity contribution in [2.24, 2.45) is 5.92 Å². The molecule has 2 rings (SSSR count). The van der Waals surface area contributed by atoms with Gasteiger partial charge in [-0.05, 0) is 75.9 Å². The third kappa shape index (κ3) is 8.36. The summed E-state index contributed by atoms with van der Waals surface area (Å²) >= 11 is 0. The first-order chi connectivity index (χ1) is 17.8. The quantitative estimate of drug-likeness (QED) is 0.398. The van der Waals surface area contributed by atoms with Gasteiger partial charge in [-0.15, -0.1) is 6.58 Å². The molecule has 0 aromatic heterocycles. The molecule has 2 aromatic rings. The molecule has 8 nitrogen and oxygen atoms in total. The molecule has 0 aliphatic rings. The summed E-state index contributed by atoms with van der Waals surface area (Å²) in [6.07, 6.45) is 0.869. The zero-order chi connectivity index (χ0) is 28.6. The monoisotopic (exact) mass is 523 g/mol. The molecule has 0 saturated carbocycles. The van der Waals surface area contributed by atoms with Crippen molar-refractivity contribution in [2.45, 2.75) is 66.2 Å². The maximum atomic E-state index is 14.0. The summed E-state index contributed by atoms with van der Waals surface area (Å²) in [6, 6.07) is 10.8. The van der Waals surface area contributed by atoms with Crippen LogP contribution in [0.4, 0.5) is 10.5 Å². The van der Waals surface area contributed by atoms with Crippen molar-refractivity contribution in [3.8, 4) is 5.75 Å². The van der Waals surface area contributed by atoms with Crippen molar-refractivity contribution >= 4 is 23.6 Å². The number of hydrogen-bond acceptors (Lipinski definition) is 5. The molecule has 0 saturated heterocycles. The highest BCUT2D eigenvalue weighted by Gasteiger charge is 2.37. The van der Waals surface area contributed by atoms with E-state index < -0.39 is 35.6 Å². The maximum Gasteiger partial charge on any atom is 0.408 e. The van der Waals surface area contributed by atoms with Crippen molar-refractivity contribution < 1.29 is 23.9 Å². The second-order valence-corrected chi connectivity index (χ2v) is 10.6. The van der Waals surface area contributed by atoms with Gasteiger partial charge in [0.2, 0.25) is 5.91 Å². The number of nitrogens with zero attached hydrogens (tertiary/aromatic N) is 1. The summed E-state index contributed by atoms with van der Waals surface area (Å²) in [6.45, 7) is 16.7. The molecule has 2 aromatic carbocycles. The van der Waals surface area contributed by atoms with Crippen molar-refractivity contribution in [1.29, 1.82) is 0 Å². The van der Waals surface area contributed by atoms with Gasteiger partial charge >= 0.3 is 6.09 Å². The summed E-state index contributed by atoms with van der Waals surface area (Å²) < 4.78 is 10.6. The number of carbonyl (C=O) groups excluding carboxylic acids is 3. The highest BCUT2D eigenvalue weighted by molar-refractivity contribution is 5.99. The lowest BCUT2D eigenvalue weighted by molar-refractivity contribution is -0.141. The van der Waals surface area contributed by atoms with Gasteiger partial charge in [-0.25, -0.2) is 4.79 Å². The Balaban J connectivity index is 2.52. The molecule has 3 amide bonds. The normalized spacial score (nSPS) is 12.8. The minimum atomic E-state index is -0.982. The van der Waals surface area contributed by atoms with Gasteiger partial charge in [-0.2, -0.15) is 0 Å². The van der Waals surface area contributed by atoms with Crippen LogP contribution in [0, 0.1) is 19.8 Å². The van der Waals surface area contributed by atoms with Crippen molar-refractivity contribution in [1.82, 2.24) is 10.2 Å². The lowest BCUT2D eigenvalue weighted by Gasteiger charge is -2.35. The molecule has 38 heavy (non-hydrogen) atoms. The van der Waals surface area contributed by atoms with Gasteiger partial charge in [0.15, 0.2) is 0 Å². The minimum absolute atomic E-state index is 0.0894. The lowest BCUT2D eigenvalue weighted by Crippen LogP contribution is -2.54.